The summed E-state index contributed by atoms with van der Waals surface area (Å²) in [4.78, 5) is 8.58. The standard InChI is InChI=1S/C14H17BrN4/c1-4-12-18-11(16)7-13(19-12)17-10-5-8(2)14(15)9(3)6-10/h5-7H,4H2,1-3H3,(H3,16,17,18,19). The fraction of sp³-hybridized carbons (Fsp3) is 0.286. The molecule has 0 aliphatic heterocycles. The molecule has 4 nitrogen and oxygen atoms in total. The molecule has 2 aromatic rings. The second kappa shape index (κ2) is 5.57. The van der Waals surface area contributed by atoms with E-state index in [1.165, 1.54) is 11.1 Å². The normalized spacial score (nSPS) is 10.5. The predicted molar refractivity (Wildman–Crippen MR) is 82.7 cm³/mol. The average Bonchev–Trinajstić information content (AvgIpc) is 2.35. The van der Waals surface area contributed by atoms with Gasteiger partial charge in [0.15, 0.2) is 0 Å². The molecule has 1 aromatic heterocycles. The summed E-state index contributed by atoms with van der Waals surface area (Å²) in [6.07, 6.45) is 0.762. The molecule has 0 saturated heterocycles. The zero-order valence-corrected chi connectivity index (χ0v) is 12.9. The molecular formula is C14H17BrN4. The fourth-order valence-electron chi connectivity index (χ4n) is 1.91. The first-order chi connectivity index (χ1) is 8.99. The summed E-state index contributed by atoms with van der Waals surface area (Å²) in [5.41, 5.74) is 9.13. The molecule has 100 valence electrons. The lowest BCUT2D eigenvalue weighted by molar-refractivity contribution is 0.948. The number of nitrogen functional groups attached to an aromatic ring is 1. The lowest BCUT2D eigenvalue weighted by Gasteiger charge is -2.11. The summed E-state index contributed by atoms with van der Waals surface area (Å²) < 4.78 is 1.13. The van der Waals surface area contributed by atoms with Gasteiger partial charge in [-0.3, -0.25) is 0 Å². The SMILES string of the molecule is CCc1nc(N)cc(Nc2cc(C)c(Br)c(C)c2)n1. The van der Waals surface area contributed by atoms with Crippen LogP contribution in [0, 0.1) is 13.8 Å². The maximum atomic E-state index is 5.77. The fourth-order valence-corrected chi connectivity index (χ4v) is 2.13. The number of nitrogens with zero attached hydrogens (tertiary/aromatic N) is 2. The highest BCUT2D eigenvalue weighted by Crippen LogP contribution is 2.26. The Bertz CT molecular complexity index is 587. The molecule has 1 aromatic carbocycles. The number of nitrogens with two attached hydrogens (primary N) is 1. The molecule has 3 N–H and O–H groups in total. The summed E-state index contributed by atoms with van der Waals surface area (Å²) in [5.74, 6) is 1.96. The van der Waals surface area contributed by atoms with Crippen LogP contribution in [0.3, 0.4) is 0 Å². The number of rotatable bonds is 3. The minimum Gasteiger partial charge on any atom is -0.384 e. The van der Waals surface area contributed by atoms with Crippen LogP contribution in [-0.2, 0) is 6.42 Å². The van der Waals surface area contributed by atoms with E-state index in [2.05, 4.69) is 57.2 Å². The van der Waals surface area contributed by atoms with Crippen LogP contribution in [0.15, 0.2) is 22.7 Å². The van der Waals surface area contributed by atoms with Crippen molar-refractivity contribution in [1.29, 1.82) is 0 Å². The third kappa shape index (κ3) is 3.23. The molecule has 0 saturated carbocycles. The Hall–Kier alpha value is -1.62. The van der Waals surface area contributed by atoms with Crippen molar-refractivity contribution in [2.24, 2.45) is 0 Å². The van der Waals surface area contributed by atoms with Crippen molar-refractivity contribution >= 4 is 33.3 Å². The van der Waals surface area contributed by atoms with Crippen LogP contribution in [0.1, 0.15) is 23.9 Å². The number of aryl methyl sites for hydroxylation is 3. The molecule has 5 heteroatoms. The monoisotopic (exact) mass is 320 g/mol. The van der Waals surface area contributed by atoms with Crippen LogP contribution in [0.2, 0.25) is 0 Å². The zero-order valence-electron chi connectivity index (χ0n) is 11.3. The second-order valence-corrected chi connectivity index (χ2v) is 5.29. The van der Waals surface area contributed by atoms with Gasteiger partial charge >= 0.3 is 0 Å². The molecule has 0 atom stereocenters. The van der Waals surface area contributed by atoms with E-state index in [4.69, 9.17) is 5.73 Å². The van der Waals surface area contributed by atoms with Gasteiger partial charge in [0.2, 0.25) is 0 Å². The number of benzene rings is 1. The van der Waals surface area contributed by atoms with E-state index < -0.39 is 0 Å². The van der Waals surface area contributed by atoms with E-state index in [-0.39, 0.29) is 0 Å². The van der Waals surface area contributed by atoms with E-state index in [1.54, 1.807) is 6.07 Å². The van der Waals surface area contributed by atoms with Crippen molar-refractivity contribution in [3.8, 4) is 0 Å². The molecule has 2 rings (SSSR count). The molecule has 0 spiro atoms. The molecule has 19 heavy (non-hydrogen) atoms. The molecule has 0 bridgehead atoms. The van der Waals surface area contributed by atoms with Gasteiger partial charge in [-0.05, 0) is 37.1 Å². The third-order valence-corrected chi connectivity index (χ3v) is 4.07. The molecule has 0 aliphatic rings. The molecule has 0 radical (unpaired) electrons. The zero-order chi connectivity index (χ0) is 14.0. The molecule has 1 heterocycles. The summed E-state index contributed by atoms with van der Waals surface area (Å²) in [5, 5.41) is 3.28. The lowest BCUT2D eigenvalue weighted by atomic mass is 10.1. The van der Waals surface area contributed by atoms with Crippen LogP contribution >= 0.6 is 15.9 Å². The van der Waals surface area contributed by atoms with Crippen LogP contribution in [0.25, 0.3) is 0 Å². The maximum absolute atomic E-state index is 5.77. The quantitative estimate of drug-likeness (QED) is 0.904. The van der Waals surface area contributed by atoms with Gasteiger partial charge in [0.1, 0.15) is 17.5 Å². The Balaban J connectivity index is 2.33. The molecule has 0 unspecified atom stereocenters. The Morgan fingerprint density at radius 3 is 2.37 bits per heavy atom. The summed E-state index contributed by atoms with van der Waals surface area (Å²) in [7, 11) is 0. The van der Waals surface area contributed by atoms with E-state index in [1.807, 2.05) is 6.92 Å². The van der Waals surface area contributed by atoms with Gasteiger partial charge in [-0.15, -0.1) is 0 Å². The number of halogens is 1. The van der Waals surface area contributed by atoms with Crippen molar-refractivity contribution < 1.29 is 0 Å². The van der Waals surface area contributed by atoms with Gasteiger partial charge in [0.25, 0.3) is 0 Å². The highest BCUT2D eigenvalue weighted by atomic mass is 79.9. The van der Waals surface area contributed by atoms with Gasteiger partial charge in [0.05, 0.1) is 0 Å². The number of nitrogens with one attached hydrogen (secondary N) is 1. The molecule has 0 amide bonds. The highest BCUT2D eigenvalue weighted by molar-refractivity contribution is 9.10. The van der Waals surface area contributed by atoms with Gasteiger partial charge in [-0.25, -0.2) is 9.97 Å². The van der Waals surface area contributed by atoms with E-state index in [0.29, 0.717) is 5.82 Å². The number of anilines is 3. The van der Waals surface area contributed by atoms with Crippen LogP contribution in [-0.4, -0.2) is 9.97 Å². The van der Waals surface area contributed by atoms with Gasteiger partial charge in [-0.1, -0.05) is 22.9 Å². The van der Waals surface area contributed by atoms with Crippen molar-refractivity contribution in [2.75, 3.05) is 11.1 Å². The van der Waals surface area contributed by atoms with Gasteiger partial charge in [0, 0.05) is 22.6 Å². The topological polar surface area (TPSA) is 63.8 Å². The molecule has 0 aliphatic carbocycles. The average molecular weight is 321 g/mol. The number of hydrogen-bond donors (Lipinski definition) is 2. The van der Waals surface area contributed by atoms with Crippen LogP contribution in [0.5, 0.6) is 0 Å². The molecule has 0 fully saturated rings. The Morgan fingerprint density at radius 1 is 1.16 bits per heavy atom. The van der Waals surface area contributed by atoms with Gasteiger partial charge < -0.3 is 11.1 Å². The number of hydrogen-bond acceptors (Lipinski definition) is 4. The second-order valence-electron chi connectivity index (χ2n) is 4.50. The first-order valence-corrected chi connectivity index (χ1v) is 6.96. The predicted octanol–water partition coefficient (Wildman–Crippen LogP) is 3.74. The minimum absolute atomic E-state index is 0.486. The van der Waals surface area contributed by atoms with Crippen molar-refractivity contribution in [3.63, 3.8) is 0 Å². The summed E-state index contributed by atoms with van der Waals surface area (Å²) >= 11 is 3.56. The Labute approximate surface area is 121 Å². The van der Waals surface area contributed by atoms with Crippen LogP contribution < -0.4 is 11.1 Å². The number of aromatic nitrogens is 2. The van der Waals surface area contributed by atoms with Crippen molar-refractivity contribution in [1.82, 2.24) is 9.97 Å². The van der Waals surface area contributed by atoms with E-state index in [0.717, 1.165) is 28.2 Å². The Kier molecular flexibility index (Phi) is 4.04. The first kappa shape index (κ1) is 13.8. The Morgan fingerprint density at radius 2 is 1.79 bits per heavy atom. The minimum atomic E-state index is 0.486. The third-order valence-electron chi connectivity index (χ3n) is 2.82. The summed E-state index contributed by atoms with van der Waals surface area (Å²) in [6.45, 7) is 6.13. The first-order valence-electron chi connectivity index (χ1n) is 6.16. The van der Waals surface area contributed by atoms with Gasteiger partial charge in [-0.2, -0.15) is 0 Å². The lowest BCUT2D eigenvalue weighted by Crippen LogP contribution is -2.03. The van der Waals surface area contributed by atoms with Crippen molar-refractivity contribution in [2.45, 2.75) is 27.2 Å². The smallest absolute Gasteiger partial charge is 0.136 e. The largest absolute Gasteiger partial charge is 0.384 e. The van der Waals surface area contributed by atoms with E-state index in [9.17, 15) is 0 Å². The summed E-state index contributed by atoms with van der Waals surface area (Å²) in [6, 6.07) is 5.88. The molecular weight excluding hydrogens is 304 g/mol. The highest BCUT2D eigenvalue weighted by Gasteiger charge is 2.05. The van der Waals surface area contributed by atoms with E-state index >= 15 is 0 Å². The van der Waals surface area contributed by atoms with Crippen molar-refractivity contribution in [3.05, 3.63) is 39.6 Å². The maximum Gasteiger partial charge on any atom is 0.136 e. The van der Waals surface area contributed by atoms with Crippen LogP contribution in [0.4, 0.5) is 17.3 Å².